The quantitative estimate of drug-likeness (QED) is 0.465. The number of aromatic nitrogens is 2. The summed E-state index contributed by atoms with van der Waals surface area (Å²) in [6.45, 7) is 0. The highest BCUT2D eigenvalue weighted by molar-refractivity contribution is 6.40. The second kappa shape index (κ2) is 4.92. The lowest BCUT2D eigenvalue weighted by Crippen LogP contribution is -3.00. The Bertz CT molecular complexity index is 324. The predicted molar refractivity (Wildman–Crippen MR) is 43.2 cm³/mol. The van der Waals surface area contributed by atoms with Crippen molar-refractivity contribution in [1.82, 2.24) is 4.98 Å². The first-order valence-electron chi connectivity index (χ1n) is 2.70. The zero-order valence-corrected chi connectivity index (χ0v) is 8.65. The van der Waals surface area contributed by atoms with Gasteiger partial charge in [0.1, 0.15) is 5.88 Å². The van der Waals surface area contributed by atoms with Gasteiger partial charge in [0.2, 0.25) is 5.15 Å². The van der Waals surface area contributed by atoms with Crippen LogP contribution in [0.25, 0.3) is 0 Å². The zero-order chi connectivity index (χ0) is 8.43. The fraction of sp³-hybridized carbons (Fsp3) is 0.200. The van der Waals surface area contributed by atoms with Gasteiger partial charge in [-0.05, 0) is 11.6 Å². The van der Waals surface area contributed by atoms with Gasteiger partial charge in [0.25, 0.3) is 5.82 Å². The van der Waals surface area contributed by atoms with Crippen molar-refractivity contribution in [3.05, 3.63) is 26.4 Å². The molecular formula is C5H4Cl4N2O. The van der Waals surface area contributed by atoms with Crippen molar-refractivity contribution in [1.29, 1.82) is 0 Å². The van der Waals surface area contributed by atoms with E-state index in [0.717, 1.165) is 0 Å². The average molecular weight is 250 g/mol. The Morgan fingerprint density at radius 1 is 1.42 bits per heavy atom. The van der Waals surface area contributed by atoms with Crippen LogP contribution in [0, 0.1) is 0 Å². The van der Waals surface area contributed by atoms with Crippen molar-refractivity contribution >= 4 is 34.8 Å². The van der Waals surface area contributed by atoms with Crippen LogP contribution in [0.4, 0.5) is 0 Å². The van der Waals surface area contributed by atoms with E-state index in [9.17, 15) is 4.79 Å². The molecule has 2 N–H and O–H groups in total. The number of nitrogens with one attached hydrogen (secondary N) is 2. The van der Waals surface area contributed by atoms with E-state index in [4.69, 9.17) is 34.8 Å². The molecule has 0 saturated heterocycles. The molecule has 1 aromatic heterocycles. The van der Waals surface area contributed by atoms with E-state index in [-0.39, 0.29) is 28.5 Å². The van der Waals surface area contributed by atoms with Crippen LogP contribution in [0.3, 0.4) is 0 Å². The van der Waals surface area contributed by atoms with Gasteiger partial charge < -0.3 is 12.4 Å². The van der Waals surface area contributed by atoms with Gasteiger partial charge in [0, 0.05) is 0 Å². The van der Waals surface area contributed by atoms with Crippen molar-refractivity contribution in [2.24, 2.45) is 0 Å². The van der Waals surface area contributed by atoms with Crippen LogP contribution < -0.4 is 23.0 Å². The molecule has 0 aromatic carbocycles. The molecule has 0 spiro atoms. The Balaban J connectivity index is 0.00000121. The van der Waals surface area contributed by atoms with Crippen LogP contribution in [0.5, 0.6) is 0 Å². The molecule has 3 nitrogen and oxygen atoms in total. The largest absolute Gasteiger partial charge is 1.00 e. The summed E-state index contributed by atoms with van der Waals surface area (Å²) in [5.74, 6) is 0.595. The molecule has 0 bridgehead atoms. The Kier molecular flexibility index (Phi) is 4.94. The number of rotatable bonds is 1. The molecule has 68 valence electrons. The van der Waals surface area contributed by atoms with Crippen molar-refractivity contribution in [2.75, 3.05) is 0 Å². The molecule has 0 unspecified atom stereocenters. The van der Waals surface area contributed by atoms with Gasteiger partial charge in [0.15, 0.2) is 5.02 Å². The SMILES string of the molecule is O=c1[nH]c(CCl)[nH+]c(Cl)c1Cl.[Cl-]. The number of aromatic amines is 2. The molecule has 12 heavy (non-hydrogen) atoms. The minimum Gasteiger partial charge on any atom is -1.00 e. The van der Waals surface area contributed by atoms with Crippen molar-refractivity contribution < 1.29 is 17.4 Å². The Morgan fingerprint density at radius 2 is 2.00 bits per heavy atom. The molecule has 0 radical (unpaired) electrons. The third-order valence-electron chi connectivity index (χ3n) is 1.05. The Hall–Kier alpha value is 0.0400. The van der Waals surface area contributed by atoms with E-state index in [1.165, 1.54) is 0 Å². The number of H-pyrrole nitrogens is 2. The highest BCUT2D eigenvalue weighted by Gasteiger charge is 2.11. The van der Waals surface area contributed by atoms with Crippen LogP contribution >= 0.6 is 34.8 Å². The maximum Gasteiger partial charge on any atom is 0.355 e. The first kappa shape index (κ1) is 12.0. The van der Waals surface area contributed by atoms with E-state index < -0.39 is 5.56 Å². The third-order valence-corrected chi connectivity index (χ3v) is 2.06. The number of hydrogen-bond acceptors (Lipinski definition) is 1. The van der Waals surface area contributed by atoms with Gasteiger partial charge in [-0.1, -0.05) is 11.6 Å². The van der Waals surface area contributed by atoms with Gasteiger partial charge in [-0.2, -0.15) is 0 Å². The summed E-state index contributed by atoms with van der Waals surface area (Å²) in [5.41, 5.74) is -0.439. The van der Waals surface area contributed by atoms with Crippen LogP contribution in [-0.4, -0.2) is 4.98 Å². The zero-order valence-electron chi connectivity index (χ0n) is 5.63. The maximum atomic E-state index is 10.9. The standard InChI is InChI=1S/C5H3Cl3N2O.ClH/c6-1-2-9-4(8)3(7)5(11)10-2;/h1H2,(H,9,10,11);1H. The Labute approximate surface area is 89.5 Å². The van der Waals surface area contributed by atoms with Gasteiger partial charge in [-0.15, -0.1) is 11.6 Å². The van der Waals surface area contributed by atoms with E-state index in [0.29, 0.717) is 5.82 Å². The monoisotopic (exact) mass is 248 g/mol. The molecule has 1 heterocycles. The summed E-state index contributed by atoms with van der Waals surface area (Å²) in [6.07, 6.45) is 0. The molecule has 0 amide bonds. The highest BCUT2D eigenvalue weighted by Crippen LogP contribution is 2.09. The lowest BCUT2D eigenvalue weighted by molar-refractivity contribution is -0.391. The average Bonchev–Trinajstić information content (AvgIpc) is 1.99. The van der Waals surface area contributed by atoms with E-state index in [1.807, 2.05) is 0 Å². The molecule has 1 aromatic rings. The molecule has 1 rings (SSSR count). The van der Waals surface area contributed by atoms with Crippen molar-refractivity contribution in [2.45, 2.75) is 5.88 Å². The molecule has 0 atom stereocenters. The van der Waals surface area contributed by atoms with E-state index in [1.54, 1.807) is 0 Å². The summed E-state index contributed by atoms with van der Waals surface area (Å²) in [4.78, 5) is 15.9. The smallest absolute Gasteiger partial charge is 0.355 e. The van der Waals surface area contributed by atoms with Crippen molar-refractivity contribution in [3.8, 4) is 0 Å². The molecule has 0 fully saturated rings. The molecule has 0 saturated carbocycles. The minimum absolute atomic E-state index is 0. The Morgan fingerprint density at radius 3 is 2.42 bits per heavy atom. The fourth-order valence-corrected chi connectivity index (χ4v) is 1.01. The van der Waals surface area contributed by atoms with Gasteiger partial charge >= 0.3 is 5.56 Å². The minimum atomic E-state index is -0.439. The molecule has 0 aliphatic carbocycles. The van der Waals surface area contributed by atoms with Gasteiger partial charge in [0.05, 0.1) is 0 Å². The summed E-state index contributed by atoms with van der Waals surface area (Å²) < 4.78 is 0. The lowest BCUT2D eigenvalue weighted by atomic mass is 10.6. The fourth-order valence-electron chi connectivity index (χ4n) is 0.577. The van der Waals surface area contributed by atoms with Crippen molar-refractivity contribution in [3.63, 3.8) is 0 Å². The summed E-state index contributed by atoms with van der Waals surface area (Å²) in [6, 6.07) is 0. The number of alkyl halides is 1. The van der Waals surface area contributed by atoms with Gasteiger partial charge in [-0.25, -0.2) is 14.8 Å². The van der Waals surface area contributed by atoms with E-state index >= 15 is 0 Å². The maximum absolute atomic E-state index is 10.9. The normalized spacial score (nSPS) is 9.25. The molecule has 7 heteroatoms. The third kappa shape index (κ3) is 2.52. The lowest BCUT2D eigenvalue weighted by Gasteiger charge is -1.89. The predicted octanol–water partition coefficient (Wildman–Crippen LogP) is -1.76. The first-order valence-corrected chi connectivity index (χ1v) is 3.99. The van der Waals surface area contributed by atoms with Crippen LogP contribution in [0.1, 0.15) is 5.82 Å². The molecule has 0 aliphatic rings. The molecular weight excluding hydrogens is 246 g/mol. The van der Waals surface area contributed by atoms with E-state index in [2.05, 4.69) is 9.97 Å². The summed E-state index contributed by atoms with van der Waals surface area (Å²) in [5, 5.41) is 0.0478. The van der Waals surface area contributed by atoms with Crippen LogP contribution in [0.15, 0.2) is 4.79 Å². The number of hydrogen-bond donors (Lipinski definition) is 1. The van der Waals surface area contributed by atoms with Crippen LogP contribution in [0.2, 0.25) is 10.2 Å². The number of halogens is 4. The van der Waals surface area contributed by atoms with Crippen LogP contribution in [-0.2, 0) is 5.88 Å². The topological polar surface area (TPSA) is 47.0 Å². The summed E-state index contributed by atoms with van der Waals surface area (Å²) in [7, 11) is 0. The summed E-state index contributed by atoms with van der Waals surface area (Å²) >= 11 is 16.4. The second-order valence-electron chi connectivity index (χ2n) is 1.82. The molecule has 0 aliphatic heterocycles. The first-order chi connectivity index (χ1) is 5.15. The highest BCUT2D eigenvalue weighted by atomic mass is 35.5. The second-order valence-corrected chi connectivity index (χ2v) is 2.84. The van der Waals surface area contributed by atoms with Gasteiger partial charge in [-0.3, -0.25) is 0 Å².